The number of para-hydroxylation sites is 4. The fourth-order valence-corrected chi connectivity index (χ4v) is 7.92. The second-order valence-electron chi connectivity index (χ2n) is 13.3. The van der Waals surface area contributed by atoms with Crippen LogP contribution < -0.4 is 9.64 Å². The molecule has 53 heavy (non-hydrogen) atoms. The van der Waals surface area contributed by atoms with Gasteiger partial charge in [-0.05, 0) is 72.3 Å². The Morgan fingerprint density at radius 2 is 1.13 bits per heavy atom. The molecule has 0 fully saturated rings. The van der Waals surface area contributed by atoms with Crippen molar-refractivity contribution in [2.75, 3.05) is 4.90 Å². The van der Waals surface area contributed by atoms with Crippen LogP contribution in [-0.4, -0.2) is 9.97 Å². The fourth-order valence-electron chi connectivity index (χ4n) is 7.92. The molecule has 10 aromatic rings. The molecule has 1 aliphatic rings. The largest absolute Gasteiger partial charge is 0.456 e. The van der Waals surface area contributed by atoms with Crippen molar-refractivity contribution >= 4 is 60.7 Å². The molecule has 0 aliphatic carbocycles. The zero-order chi connectivity index (χ0) is 34.9. The molecule has 0 amide bonds. The van der Waals surface area contributed by atoms with Crippen LogP contribution in [0.5, 0.6) is 11.5 Å². The third-order valence-electron chi connectivity index (χ3n) is 10.3. The minimum absolute atomic E-state index is 0.635. The van der Waals surface area contributed by atoms with Crippen LogP contribution >= 0.6 is 0 Å². The Bertz CT molecular complexity index is 3000. The van der Waals surface area contributed by atoms with Crippen molar-refractivity contribution in [1.29, 1.82) is 0 Å². The normalized spacial score (nSPS) is 11.9. The average molecular weight is 680 g/mol. The van der Waals surface area contributed by atoms with Gasteiger partial charge in [0.1, 0.15) is 22.7 Å². The molecule has 0 unspecified atom stereocenters. The summed E-state index contributed by atoms with van der Waals surface area (Å²) in [6, 6.07) is 60.7. The summed E-state index contributed by atoms with van der Waals surface area (Å²) in [6.45, 7) is 0. The van der Waals surface area contributed by atoms with Crippen LogP contribution in [0.1, 0.15) is 0 Å². The predicted octanol–water partition coefficient (Wildman–Crippen LogP) is 13.3. The number of anilines is 3. The first-order valence-corrected chi connectivity index (χ1v) is 17.7. The van der Waals surface area contributed by atoms with Gasteiger partial charge in [-0.15, -0.1) is 0 Å². The molecule has 0 radical (unpaired) electrons. The number of rotatable bonds is 5. The molecular formula is C48H29N3O2. The van der Waals surface area contributed by atoms with Gasteiger partial charge < -0.3 is 14.1 Å². The molecule has 0 atom stereocenters. The number of furan rings is 1. The molecule has 1 aliphatic heterocycles. The Morgan fingerprint density at radius 3 is 1.96 bits per heavy atom. The highest BCUT2D eigenvalue weighted by Crippen LogP contribution is 2.53. The highest BCUT2D eigenvalue weighted by atomic mass is 16.5. The number of hydrogen-bond donors (Lipinski definition) is 0. The molecule has 0 spiro atoms. The zero-order valence-electron chi connectivity index (χ0n) is 28.4. The summed E-state index contributed by atoms with van der Waals surface area (Å²) < 4.78 is 13.1. The summed E-state index contributed by atoms with van der Waals surface area (Å²) >= 11 is 0. The van der Waals surface area contributed by atoms with Gasteiger partial charge in [0, 0.05) is 55.0 Å². The van der Waals surface area contributed by atoms with Crippen molar-refractivity contribution in [2.45, 2.75) is 0 Å². The third kappa shape index (κ3) is 4.64. The monoisotopic (exact) mass is 679 g/mol. The van der Waals surface area contributed by atoms with Gasteiger partial charge >= 0.3 is 0 Å². The lowest BCUT2D eigenvalue weighted by atomic mass is 9.90. The van der Waals surface area contributed by atoms with Crippen LogP contribution in [0, 0.1) is 0 Å². The summed E-state index contributed by atoms with van der Waals surface area (Å²) in [5.41, 5.74) is 10.6. The van der Waals surface area contributed by atoms with Crippen molar-refractivity contribution in [1.82, 2.24) is 9.97 Å². The topological polar surface area (TPSA) is 51.4 Å². The fraction of sp³-hybridized carbons (Fsp3) is 0. The number of aromatic nitrogens is 2. The van der Waals surface area contributed by atoms with Gasteiger partial charge in [-0.2, -0.15) is 0 Å². The standard InChI is InChI=1S/C48H29N3O2/c1-3-13-31(14-4-1)51(32-15-5-2-6-16-32)40-27-28-43-45-36(40)19-11-20-37(45)46-38(21-12-24-42(46)53-43)48-49-39-22-9-7-18-35(39)47(50-48)30-25-26-34-33-17-8-10-23-41(33)52-44(34)29-30/h1-29H. The molecule has 8 aromatic carbocycles. The molecule has 0 saturated carbocycles. The number of hydrogen-bond acceptors (Lipinski definition) is 5. The van der Waals surface area contributed by atoms with Crippen LogP contribution in [0.3, 0.4) is 0 Å². The Morgan fingerprint density at radius 1 is 0.453 bits per heavy atom. The summed E-state index contributed by atoms with van der Waals surface area (Å²) in [5.74, 6) is 2.24. The van der Waals surface area contributed by atoms with Crippen LogP contribution in [-0.2, 0) is 0 Å². The first-order valence-electron chi connectivity index (χ1n) is 17.7. The lowest BCUT2D eigenvalue weighted by Gasteiger charge is -2.29. The molecule has 5 heteroatoms. The highest BCUT2D eigenvalue weighted by molar-refractivity contribution is 6.13. The van der Waals surface area contributed by atoms with E-state index in [0.29, 0.717) is 5.82 Å². The van der Waals surface area contributed by atoms with Crippen molar-refractivity contribution in [2.24, 2.45) is 0 Å². The molecule has 0 bridgehead atoms. The van der Waals surface area contributed by atoms with Gasteiger partial charge in [-0.1, -0.05) is 109 Å². The molecule has 5 nitrogen and oxygen atoms in total. The molecule has 248 valence electrons. The smallest absolute Gasteiger partial charge is 0.161 e. The van der Waals surface area contributed by atoms with E-state index in [1.165, 1.54) is 0 Å². The number of nitrogens with zero attached hydrogens (tertiary/aromatic N) is 3. The molecule has 2 aromatic heterocycles. The molecule has 0 N–H and O–H groups in total. The quantitative estimate of drug-likeness (QED) is 0.181. The Kier molecular flexibility index (Phi) is 6.48. The SMILES string of the molecule is c1ccc(N(c2ccccc2)c2ccc3c4c(cccc24)-c2c(cccc2-c2nc(-c4ccc5c(c4)oc4ccccc45)c4ccccc4n2)O3)cc1. The summed E-state index contributed by atoms with van der Waals surface area (Å²) in [7, 11) is 0. The van der Waals surface area contributed by atoms with Crippen LogP contribution in [0.15, 0.2) is 180 Å². The van der Waals surface area contributed by atoms with E-state index in [0.717, 1.165) is 100 Å². The molecular weight excluding hydrogens is 651 g/mol. The van der Waals surface area contributed by atoms with Crippen molar-refractivity contribution in [3.05, 3.63) is 176 Å². The number of ether oxygens (including phenoxy) is 1. The zero-order valence-corrected chi connectivity index (χ0v) is 28.4. The third-order valence-corrected chi connectivity index (χ3v) is 10.3. The second-order valence-corrected chi connectivity index (χ2v) is 13.3. The van der Waals surface area contributed by atoms with E-state index in [1.54, 1.807) is 0 Å². The summed E-state index contributed by atoms with van der Waals surface area (Å²) in [6.07, 6.45) is 0. The number of fused-ring (bicyclic) bond motifs is 6. The molecule has 3 heterocycles. The van der Waals surface area contributed by atoms with E-state index in [2.05, 4.69) is 126 Å². The van der Waals surface area contributed by atoms with Gasteiger partial charge in [-0.25, -0.2) is 9.97 Å². The minimum atomic E-state index is 0.635. The first kappa shape index (κ1) is 29.5. The van der Waals surface area contributed by atoms with Crippen LogP contribution in [0.2, 0.25) is 0 Å². The van der Waals surface area contributed by atoms with E-state index in [9.17, 15) is 0 Å². The first-order chi connectivity index (χ1) is 26.3. The van der Waals surface area contributed by atoms with E-state index >= 15 is 0 Å². The summed E-state index contributed by atoms with van der Waals surface area (Å²) in [4.78, 5) is 12.8. The van der Waals surface area contributed by atoms with Crippen molar-refractivity contribution < 1.29 is 9.15 Å². The minimum Gasteiger partial charge on any atom is -0.456 e. The molecule has 0 saturated heterocycles. The van der Waals surface area contributed by atoms with Gasteiger partial charge in [0.25, 0.3) is 0 Å². The van der Waals surface area contributed by atoms with Crippen molar-refractivity contribution in [3.63, 3.8) is 0 Å². The summed E-state index contributed by atoms with van der Waals surface area (Å²) in [5, 5.41) is 5.31. The highest BCUT2D eigenvalue weighted by Gasteiger charge is 2.27. The molecule has 11 rings (SSSR count). The van der Waals surface area contributed by atoms with Crippen molar-refractivity contribution in [3.8, 4) is 45.3 Å². The maximum atomic E-state index is 6.75. The van der Waals surface area contributed by atoms with E-state index in [1.807, 2.05) is 54.6 Å². The second kappa shape index (κ2) is 11.7. The van der Waals surface area contributed by atoms with E-state index in [4.69, 9.17) is 19.1 Å². The van der Waals surface area contributed by atoms with E-state index in [-0.39, 0.29) is 0 Å². The van der Waals surface area contributed by atoms with Gasteiger partial charge in [-0.3, -0.25) is 0 Å². The van der Waals surface area contributed by atoms with Gasteiger partial charge in [0.15, 0.2) is 5.82 Å². The lowest BCUT2D eigenvalue weighted by Crippen LogP contribution is -2.11. The Balaban J connectivity index is 1.12. The average Bonchev–Trinajstić information content (AvgIpc) is 3.60. The Hall–Kier alpha value is -7.24. The number of benzene rings is 8. The predicted molar refractivity (Wildman–Crippen MR) is 215 cm³/mol. The lowest BCUT2D eigenvalue weighted by molar-refractivity contribution is 0.487. The maximum absolute atomic E-state index is 6.75. The van der Waals surface area contributed by atoms with Gasteiger partial charge in [0.05, 0.1) is 16.9 Å². The Labute approximate surface area is 305 Å². The van der Waals surface area contributed by atoms with Crippen LogP contribution in [0.4, 0.5) is 17.1 Å². The van der Waals surface area contributed by atoms with Crippen LogP contribution in [0.25, 0.3) is 77.4 Å². The maximum Gasteiger partial charge on any atom is 0.161 e. The van der Waals surface area contributed by atoms with Gasteiger partial charge in [0.2, 0.25) is 0 Å². The van der Waals surface area contributed by atoms with E-state index < -0.39 is 0 Å².